The number of nitrogens with one attached hydrogen (secondary N) is 1. The molecule has 0 aromatic rings. The fourth-order valence-corrected chi connectivity index (χ4v) is 1.26. The predicted molar refractivity (Wildman–Crippen MR) is 38.9 cm³/mol. The summed E-state index contributed by atoms with van der Waals surface area (Å²) in [6, 6.07) is -0.837. The van der Waals surface area contributed by atoms with Gasteiger partial charge in [-0.2, -0.15) is 0 Å². The molecule has 11 heavy (non-hydrogen) atoms. The van der Waals surface area contributed by atoms with Crippen molar-refractivity contribution < 1.29 is 15.3 Å². The van der Waals surface area contributed by atoms with Crippen LogP contribution in [0.15, 0.2) is 0 Å². The zero-order valence-electron chi connectivity index (χ0n) is 6.14. The van der Waals surface area contributed by atoms with E-state index in [0.29, 0.717) is 6.54 Å². The van der Waals surface area contributed by atoms with Crippen LogP contribution in [0.25, 0.3) is 0 Å². The quantitative estimate of drug-likeness (QED) is 0.298. The summed E-state index contributed by atoms with van der Waals surface area (Å²) in [6.45, 7) is 0.115. The number of aliphatic hydroxyl groups is 3. The van der Waals surface area contributed by atoms with E-state index in [1.807, 2.05) is 0 Å². The molecule has 0 radical (unpaired) electrons. The molecular weight excluding hydrogens is 148 g/mol. The summed E-state index contributed by atoms with van der Waals surface area (Å²) in [6.07, 6.45) is -1.70. The molecule has 0 aromatic carbocycles. The summed E-state index contributed by atoms with van der Waals surface area (Å²) in [5.74, 6) is 0. The second-order valence-electron chi connectivity index (χ2n) is 2.84. The lowest BCUT2D eigenvalue weighted by Crippen LogP contribution is -2.46. The minimum atomic E-state index is -0.932. The van der Waals surface area contributed by atoms with Crippen molar-refractivity contribution in [1.82, 2.24) is 5.32 Å². The minimum absolute atomic E-state index is 0.346. The van der Waals surface area contributed by atoms with Crippen molar-refractivity contribution in [2.24, 2.45) is 5.73 Å². The zero-order chi connectivity index (χ0) is 8.43. The average molecular weight is 162 g/mol. The minimum Gasteiger partial charge on any atom is -0.394 e. The number of rotatable bonds is 2. The summed E-state index contributed by atoms with van der Waals surface area (Å²) in [5, 5.41) is 29.8. The van der Waals surface area contributed by atoms with Gasteiger partial charge in [0.1, 0.15) is 0 Å². The molecule has 5 heteroatoms. The van der Waals surface area contributed by atoms with Gasteiger partial charge >= 0.3 is 0 Å². The highest BCUT2D eigenvalue weighted by Gasteiger charge is 2.36. The van der Waals surface area contributed by atoms with E-state index in [1.54, 1.807) is 0 Å². The molecule has 1 saturated heterocycles. The third kappa shape index (κ3) is 1.69. The van der Waals surface area contributed by atoms with Gasteiger partial charge in [0.15, 0.2) is 0 Å². The summed E-state index contributed by atoms with van der Waals surface area (Å²) in [4.78, 5) is 0. The average Bonchev–Trinajstić information content (AvgIpc) is 2.32. The Labute approximate surface area is 64.8 Å². The molecule has 4 unspecified atom stereocenters. The topological polar surface area (TPSA) is 98.7 Å². The van der Waals surface area contributed by atoms with Gasteiger partial charge < -0.3 is 26.4 Å². The molecule has 4 atom stereocenters. The standard InChI is InChI=1S/C6H14N2O3/c7-3-1-8-5(6(3)11)4(10)2-9/h3-6,8-11H,1-2,7H2. The van der Waals surface area contributed by atoms with E-state index in [1.165, 1.54) is 0 Å². The van der Waals surface area contributed by atoms with Gasteiger partial charge in [-0.1, -0.05) is 0 Å². The first-order valence-electron chi connectivity index (χ1n) is 3.62. The molecule has 1 rings (SSSR count). The van der Waals surface area contributed by atoms with Crippen molar-refractivity contribution in [3.05, 3.63) is 0 Å². The van der Waals surface area contributed by atoms with E-state index in [0.717, 1.165) is 0 Å². The molecule has 0 amide bonds. The maximum absolute atomic E-state index is 9.30. The van der Waals surface area contributed by atoms with Crippen LogP contribution in [-0.2, 0) is 0 Å². The molecule has 1 fully saturated rings. The van der Waals surface area contributed by atoms with E-state index in [-0.39, 0.29) is 12.6 Å². The molecule has 6 N–H and O–H groups in total. The SMILES string of the molecule is NC1CNC(C(O)CO)C1O. The van der Waals surface area contributed by atoms with E-state index >= 15 is 0 Å². The van der Waals surface area contributed by atoms with Gasteiger partial charge in [-0.25, -0.2) is 0 Å². The highest BCUT2D eigenvalue weighted by atomic mass is 16.3. The number of nitrogens with two attached hydrogens (primary N) is 1. The lowest BCUT2D eigenvalue weighted by Gasteiger charge is -2.20. The Balaban J connectivity index is 2.47. The lowest BCUT2D eigenvalue weighted by molar-refractivity contribution is 0.0222. The molecular formula is C6H14N2O3. The molecule has 66 valence electrons. The number of aliphatic hydroxyl groups excluding tert-OH is 3. The van der Waals surface area contributed by atoms with Gasteiger partial charge in [-0.15, -0.1) is 0 Å². The van der Waals surface area contributed by atoms with Crippen molar-refractivity contribution in [3.63, 3.8) is 0 Å². The van der Waals surface area contributed by atoms with Crippen molar-refractivity contribution >= 4 is 0 Å². The maximum Gasteiger partial charge on any atom is 0.0949 e. The van der Waals surface area contributed by atoms with Crippen molar-refractivity contribution in [2.45, 2.75) is 24.3 Å². The Morgan fingerprint density at radius 1 is 1.64 bits per heavy atom. The van der Waals surface area contributed by atoms with Crippen LogP contribution in [0.4, 0.5) is 0 Å². The molecule has 0 bridgehead atoms. The van der Waals surface area contributed by atoms with Crippen LogP contribution in [-0.4, -0.2) is 52.8 Å². The highest BCUT2D eigenvalue weighted by molar-refractivity contribution is 4.96. The molecule has 0 spiro atoms. The highest BCUT2D eigenvalue weighted by Crippen LogP contribution is 2.09. The van der Waals surface area contributed by atoms with Gasteiger partial charge in [0.05, 0.1) is 24.9 Å². The Morgan fingerprint density at radius 3 is 2.64 bits per heavy atom. The van der Waals surface area contributed by atoms with E-state index in [4.69, 9.17) is 15.9 Å². The fraction of sp³-hybridized carbons (Fsp3) is 1.00. The fourth-order valence-electron chi connectivity index (χ4n) is 1.26. The van der Waals surface area contributed by atoms with Crippen LogP contribution < -0.4 is 11.1 Å². The van der Waals surface area contributed by atoms with Crippen LogP contribution in [0.3, 0.4) is 0 Å². The molecule has 0 saturated carbocycles. The normalized spacial score (nSPS) is 40.9. The number of hydrogen-bond acceptors (Lipinski definition) is 5. The third-order valence-corrected chi connectivity index (χ3v) is 2.00. The van der Waals surface area contributed by atoms with Crippen LogP contribution in [0, 0.1) is 0 Å². The summed E-state index contributed by atoms with van der Waals surface area (Å²) in [7, 11) is 0. The van der Waals surface area contributed by atoms with Crippen LogP contribution >= 0.6 is 0 Å². The van der Waals surface area contributed by atoms with Gasteiger partial charge in [0.2, 0.25) is 0 Å². The zero-order valence-corrected chi connectivity index (χ0v) is 6.14. The summed E-state index contributed by atoms with van der Waals surface area (Å²) < 4.78 is 0. The van der Waals surface area contributed by atoms with Crippen LogP contribution in [0.1, 0.15) is 0 Å². The van der Waals surface area contributed by atoms with Crippen molar-refractivity contribution in [2.75, 3.05) is 13.2 Å². The lowest BCUT2D eigenvalue weighted by atomic mass is 10.1. The Hall–Kier alpha value is -0.200. The first-order valence-corrected chi connectivity index (χ1v) is 3.62. The number of hydrogen-bond donors (Lipinski definition) is 5. The van der Waals surface area contributed by atoms with E-state index < -0.39 is 18.2 Å². The second-order valence-corrected chi connectivity index (χ2v) is 2.84. The monoisotopic (exact) mass is 162 g/mol. The van der Waals surface area contributed by atoms with Crippen LogP contribution in [0.2, 0.25) is 0 Å². The molecule has 1 aliphatic rings. The maximum atomic E-state index is 9.30. The van der Waals surface area contributed by atoms with Crippen molar-refractivity contribution in [3.8, 4) is 0 Å². The first kappa shape index (κ1) is 8.89. The molecule has 0 aromatic heterocycles. The Morgan fingerprint density at radius 2 is 2.27 bits per heavy atom. The molecule has 0 aliphatic carbocycles. The van der Waals surface area contributed by atoms with E-state index in [9.17, 15) is 5.11 Å². The van der Waals surface area contributed by atoms with Gasteiger partial charge in [-0.3, -0.25) is 0 Å². The van der Waals surface area contributed by atoms with Gasteiger partial charge in [-0.05, 0) is 0 Å². The van der Waals surface area contributed by atoms with Crippen molar-refractivity contribution in [1.29, 1.82) is 0 Å². The third-order valence-electron chi connectivity index (χ3n) is 2.00. The smallest absolute Gasteiger partial charge is 0.0949 e. The molecule has 1 aliphatic heterocycles. The molecule has 1 heterocycles. The summed E-state index contributed by atoms with van der Waals surface area (Å²) >= 11 is 0. The van der Waals surface area contributed by atoms with Gasteiger partial charge in [0.25, 0.3) is 0 Å². The van der Waals surface area contributed by atoms with Crippen LogP contribution in [0.5, 0.6) is 0 Å². The van der Waals surface area contributed by atoms with Gasteiger partial charge in [0, 0.05) is 12.6 Å². The molecule has 5 nitrogen and oxygen atoms in total. The largest absolute Gasteiger partial charge is 0.394 e. The van der Waals surface area contributed by atoms with E-state index in [2.05, 4.69) is 5.32 Å². The Bertz CT molecular complexity index is 133. The first-order chi connectivity index (χ1) is 5.16. The predicted octanol–water partition coefficient (Wildman–Crippen LogP) is -3.00. The second kappa shape index (κ2) is 3.46. The Kier molecular flexibility index (Phi) is 2.80. The summed E-state index contributed by atoms with van der Waals surface area (Å²) in [5.41, 5.74) is 5.46.